The van der Waals surface area contributed by atoms with Crippen molar-refractivity contribution in [1.82, 2.24) is 9.97 Å². The van der Waals surface area contributed by atoms with Gasteiger partial charge in [-0.2, -0.15) is 0 Å². The molecule has 0 atom stereocenters. The average Bonchev–Trinajstić information content (AvgIpc) is 2.81. The van der Waals surface area contributed by atoms with Crippen molar-refractivity contribution in [2.75, 3.05) is 0 Å². The molecule has 3 N–H and O–H groups in total. The van der Waals surface area contributed by atoms with Gasteiger partial charge in [-0.25, -0.2) is 9.78 Å². The van der Waals surface area contributed by atoms with Crippen LogP contribution in [0.4, 0.5) is 0 Å². The second-order valence-electron chi connectivity index (χ2n) is 4.14. The van der Waals surface area contributed by atoms with Crippen molar-refractivity contribution in [1.29, 1.82) is 0 Å². The molecule has 0 radical (unpaired) electrons. The highest BCUT2D eigenvalue weighted by Crippen LogP contribution is 2.26. The Kier molecular flexibility index (Phi) is 2.45. The number of imidazole rings is 1. The third-order valence-corrected chi connectivity index (χ3v) is 2.88. The number of aromatic nitrogens is 2. The molecule has 94 valence electrons. The summed E-state index contributed by atoms with van der Waals surface area (Å²) >= 11 is 0. The standard InChI is InChI=1S/C14H10N2O3/c17-12-7-11-10(6-9(12)14(18)19)15-13(16-11)8-4-2-1-3-5-8/h1-7,17H,(H,15,16)(H,18,19). The van der Waals surface area contributed by atoms with E-state index in [0.29, 0.717) is 16.9 Å². The van der Waals surface area contributed by atoms with Crippen molar-refractivity contribution < 1.29 is 15.0 Å². The number of carboxylic acids is 1. The maximum Gasteiger partial charge on any atom is 0.339 e. The van der Waals surface area contributed by atoms with Crippen LogP contribution in [0.1, 0.15) is 10.4 Å². The Balaban J connectivity index is 2.19. The largest absolute Gasteiger partial charge is 0.507 e. The molecule has 19 heavy (non-hydrogen) atoms. The highest BCUT2D eigenvalue weighted by Gasteiger charge is 2.13. The van der Waals surface area contributed by atoms with Crippen LogP contribution in [0.3, 0.4) is 0 Å². The van der Waals surface area contributed by atoms with Gasteiger partial charge in [0.1, 0.15) is 17.1 Å². The molecular formula is C14H10N2O3. The van der Waals surface area contributed by atoms with Crippen molar-refractivity contribution in [3.63, 3.8) is 0 Å². The normalized spacial score (nSPS) is 10.7. The number of carboxylic acid groups (broad SMARTS) is 1. The van der Waals surface area contributed by atoms with Crippen LogP contribution in [0.5, 0.6) is 5.75 Å². The van der Waals surface area contributed by atoms with Crippen molar-refractivity contribution >= 4 is 17.0 Å². The third-order valence-electron chi connectivity index (χ3n) is 2.88. The predicted octanol–water partition coefficient (Wildman–Crippen LogP) is 2.63. The van der Waals surface area contributed by atoms with Gasteiger partial charge in [0.2, 0.25) is 0 Å². The molecule has 0 fully saturated rings. The summed E-state index contributed by atoms with van der Waals surface area (Å²) in [6.45, 7) is 0. The number of rotatable bonds is 2. The van der Waals surface area contributed by atoms with E-state index in [1.54, 1.807) is 0 Å². The Labute approximate surface area is 108 Å². The van der Waals surface area contributed by atoms with E-state index < -0.39 is 5.97 Å². The Morgan fingerprint density at radius 2 is 1.89 bits per heavy atom. The monoisotopic (exact) mass is 254 g/mol. The molecule has 0 spiro atoms. The molecule has 0 aliphatic heterocycles. The maximum absolute atomic E-state index is 10.9. The fraction of sp³-hybridized carbons (Fsp3) is 0. The maximum atomic E-state index is 10.9. The summed E-state index contributed by atoms with van der Waals surface area (Å²) in [4.78, 5) is 18.3. The molecule has 1 aromatic heterocycles. The van der Waals surface area contributed by atoms with E-state index >= 15 is 0 Å². The highest BCUT2D eigenvalue weighted by atomic mass is 16.4. The quantitative estimate of drug-likeness (QED) is 0.656. The molecule has 0 saturated carbocycles. The average molecular weight is 254 g/mol. The van der Waals surface area contributed by atoms with E-state index in [0.717, 1.165) is 5.56 Å². The van der Waals surface area contributed by atoms with Gasteiger partial charge in [-0.3, -0.25) is 0 Å². The molecule has 1 heterocycles. The molecule has 0 aliphatic carbocycles. The number of aromatic carboxylic acids is 1. The number of hydrogen-bond donors (Lipinski definition) is 3. The number of nitrogens with zero attached hydrogens (tertiary/aromatic N) is 1. The molecule has 0 unspecified atom stereocenters. The van der Waals surface area contributed by atoms with E-state index in [4.69, 9.17) is 5.11 Å². The van der Waals surface area contributed by atoms with Gasteiger partial charge in [-0.05, 0) is 6.07 Å². The summed E-state index contributed by atoms with van der Waals surface area (Å²) in [5.41, 5.74) is 1.86. The number of nitrogens with one attached hydrogen (secondary N) is 1. The first kappa shape index (κ1) is 11.3. The number of fused-ring (bicyclic) bond motifs is 1. The predicted molar refractivity (Wildman–Crippen MR) is 70.2 cm³/mol. The zero-order valence-corrected chi connectivity index (χ0v) is 9.79. The van der Waals surface area contributed by atoms with Crippen LogP contribution < -0.4 is 0 Å². The van der Waals surface area contributed by atoms with Crippen molar-refractivity contribution in [2.45, 2.75) is 0 Å². The first-order valence-corrected chi connectivity index (χ1v) is 5.66. The Morgan fingerprint density at radius 3 is 2.58 bits per heavy atom. The fourth-order valence-electron chi connectivity index (χ4n) is 1.95. The van der Waals surface area contributed by atoms with Gasteiger partial charge in [0.05, 0.1) is 11.0 Å². The first-order chi connectivity index (χ1) is 9.15. The molecule has 0 aliphatic rings. The summed E-state index contributed by atoms with van der Waals surface area (Å²) in [7, 11) is 0. The lowest BCUT2D eigenvalue weighted by Gasteiger charge is -1.97. The molecule has 5 heteroatoms. The molecule has 0 bridgehead atoms. The van der Waals surface area contributed by atoms with Crippen LogP contribution in [0.2, 0.25) is 0 Å². The number of aromatic amines is 1. The van der Waals surface area contributed by atoms with Gasteiger partial charge >= 0.3 is 5.97 Å². The molecule has 5 nitrogen and oxygen atoms in total. The summed E-state index contributed by atoms with van der Waals surface area (Å²) < 4.78 is 0. The van der Waals surface area contributed by atoms with Crippen LogP contribution in [-0.4, -0.2) is 26.2 Å². The minimum absolute atomic E-state index is 0.143. The van der Waals surface area contributed by atoms with Crippen molar-refractivity contribution in [3.8, 4) is 17.1 Å². The molecule has 3 aromatic rings. The van der Waals surface area contributed by atoms with E-state index in [-0.39, 0.29) is 11.3 Å². The lowest BCUT2D eigenvalue weighted by atomic mass is 10.2. The molecule has 0 saturated heterocycles. The van der Waals surface area contributed by atoms with Gasteiger partial charge in [0.25, 0.3) is 0 Å². The SMILES string of the molecule is O=C(O)c1cc2[nH]c(-c3ccccc3)nc2cc1O. The second-order valence-corrected chi connectivity index (χ2v) is 4.14. The summed E-state index contributed by atoms with van der Waals surface area (Å²) in [6.07, 6.45) is 0. The van der Waals surface area contributed by atoms with Gasteiger partial charge < -0.3 is 15.2 Å². The number of carbonyl (C=O) groups is 1. The van der Waals surface area contributed by atoms with Gasteiger partial charge in [0.15, 0.2) is 0 Å². The minimum atomic E-state index is -1.17. The number of aromatic hydroxyl groups is 1. The Morgan fingerprint density at radius 1 is 1.16 bits per heavy atom. The lowest BCUT2D eigenvalue weighted by molar-refractivity contribution is 0.0694. The van der Waals surface area contributed by atoms with Crippen LogP contribution in [-0.2, 0) is 0 Å². The molecule has 2 aromatic carbocycles. The fourth-order valence-corrected chi connectivity index (χ4v) is 1.95. The number of hydrogen-bond acceptors (Lipinski definition) is 3. The molecular weight excluding hydrogens is 244 g/mol. The van der Waals surface area contributed by atoms with Crippen molar-refractivity contribution in [3.05, 3.63) is 48.0 Å². The van der Waals surface area contributed by atoms with Crippen molar-refractivity contribution in [2.24, 2.45) is 0 Å². The number of H-pyrrole nitrogens is 1. The third kappa shape index (κ3) is 1.91. The Bertz CT molecular complexity index is 763. The topological polar surface area (TPSA) is 86.2 Å². The lowest BCUT2D eigenvalue weighted by Crippen LogP contribution is -1.96. The smallest absolute Gasteiger partial charge is 0.339 e. The van der Waals surface area contributed by atoms with Gasteiger partial charge in [0, 0.05) is 11.6 Å². The van der Waals surface area contributed by atoms with Gasteiger partial charge in [-0.15, -0.1) is 0 Å². The van der Waals surface area contributed by atoms with E-state index in [9.17, 15) is 9.90 Å². The van der Waals surface area contributed by atoms with E-state index in [2.05, 4.69) is 9.97 Å². The zero-order valence-electron chi connectivity index (χ0n) is 9.79. The summed E-state index contributed by atoms with van der Waals surface area (Å²) in [6, 6.07) is 12.2. The van der Waals surface area contributed by atoms with Crippen LogP contribution >= 0.6 is 0 Å². The van der Waals surface area contributed by atoms with E-state index in [1.165, 1.54) is 12.1 Å². The van der Waals surface area contributed by atoms with Crippen LogP contribution in [0.25, 0.3) is 22.4 Å². The van der Waals surface area contributed by atoms with Crippen LogP contribution in [0, 0.1) is 0 Å². The second kappa shape index (κ2) is 4.13. The van der Waals surface area contributed by atoms with E-state index in [1.807, 2.05) is 30.3 Å². The zero-order chi connectivity index (χ0) is 13.4. The van der Waals surface area contributed by atoms with Gasteiger partial charge in [-0.1, -0.05) is 30.3 Å². The Hall–Kier alpha value is -2.82. The molecule has 0 amide bonds. The molecule has 3 rings (SSSR count). The number of benzene rings is 2. The minimum Gasteiger partial charge on any atom is -0.507 e. The summed E-state index contributed by atoms with van der Waals surface area (Å²) in [5, 5.41) is 18.6. The highest BCUT2D eigenvalue weighted by molar-refractivity contribution is 5.96. The number of phenols is 1. The first-order valence-electron chi connectivity index (χ1n) is 5.66. The summed E-state index contributed by atoms with van der Waals surface area (Å²) in [5.74, 6) is -0.820. The van der Waals surface area contributed by atoms with Crippen LogP contribution in [0.15, 0.2) is 42.5 Å².